The summed E-state index contributed by atoms with van der Waals surface area (Å²) in [5.74, 6) is 3.38. The van der Waals surface area contributed by atoms with Crippen molar-refractivity contribution in [2.75, 3.05) is 6.61 Å². The highest BCUT2D eigenvalue weighted by Gasteiger charge is 2.58. The summed E-state index contributed by atoms with van der Waals surface area (Å²) in [4.78, 5) is 0. The Balaban J connectivity index is 1.85. The van der Waals surface area contributed by atoms with Crippen LogP contribution >= 0.6 is 0 Å². The SMILES string of the molecule is CC1(C)C2CC[C@@]3(C)C(CC[C@H]3C#N)C2CC[C@H]1CCO. The summed E-state index contributed by atoms with van der Waals surface area (Å²) in [5, 5.41) is 18.9. The van der Waals surface area contributed by atoms with Crippen molar-refractivity contribution >= 4 is 0 Å². The van der Waals surface area contributed by atoms with Crippen LogP contribution in [0.3, 0.4) is 0 Å². The van der Waals surface area contributed by atoms with Gasteiger partial charge in [-0.2, -0.15) is 5.26 Å². The van der Waals surface area contributed by atoms with Crippen LogP contribution in [0.25, 0.3) is 0 Å². The van der Waals surface area contributed by atoms with Crippen LogP contribution in [-0.2, 0) is 0 Å². The van der Waals surface area contributed by atoms with E-state index < -0.39 is 0 Å². The Labute approximate surface area is 129 Å². The quantitative estimate of drug-likeness (QED) is 0.819. The summed E-state index contributed by atoms with van der Waals surface area (Å²) in [6.45, 7) is 7.64. The van der Waals surface area contributed by atoms with Crippen molar-refractivity contribution in [3.05, 3.63) is 0 Å². The smallest absolute Gasteiger partial charge is 0.0661 e. The van der Waals surface area contributed by atoms with Crippen molar-refractivity contribution in [1.29, 1.82) is 5.26 Å². The van der Waals surface area contributed by atoms with E-state index in [4.69, 9.17) is 0 Å². The topological polar surface area (TPSA) is 44.0 Å². The fourth-order valence-corrected chi connectivity index (χ4v) is 6.57. The van der Waals surface area contributed by atoms with E-state index in [-0.39, 0.29) is 5.41 Å². The van der Waals surface area contributed by atoms with Gasteiger partial charge in [0.2, 0.25) is 0 Å². The van der Waals surface area contributed by atoms with Crippen molar-refractivity contribution in [3.63, 3.8) is 0 Å². The standard InChI is InChI=1S/C19H31NO/c1-18(2)13(9-11-21)4-6-15-16(18)8-10-19(3)14(12-20)5-7-17(15)19/h13-17,21H,4-11H2,1-3H3/t13-,14-,15?,16?,17?,19+/m0/s1. The number of aliphatic hydroxyl groups excluding tert-OH is 1. The molecule has 0 amide bonds. The fourth-order valence-electron chi connectivity index (χ4n) is 6.57. The maximum absolute atomic E-state index is 9.50. The molecule has 6 atom stereocenters. The zero-order chi connectivity index (χ0) is 15.3. The number of fused-ring (bicyclic) bond motifs is 3. The molecule has 1 N–H and O–H groups in total. The number of rotatable bonds is 2. The maximum Gasteiger partial charge on any atom is 0.0661 e. The van der Waals surface area contributed by atoms with Crippen LogP contribution in [-0.4, -0.2) is 11.7 Å². The van der Waals surface area contributed by atoms with Crippen molar-refractivity contribution in [2.45, 2.75) is 65.7 Å². The molecule has 2 nitrogen and oxygen atoms in total. The molecule has 3 saturated carbocycles. The lowest BCUT2D eigenvalue weighted by Crippen LogP contribution is -2.50. The molecular formula is C19H31NO. The molecule has 3 unspecified atom stereocenters. The molecule has 0 heterocycles. The number of hydrogen-bond acceptors (Lipinski definition) is 2. The third kappa shape index (κ3) is 2.15. The van der Waals surface area contributed by atoms with E-state index in [2.05, 4.69) is 26.8 Å². The predicted octanol–water partition coefficient (Wildman–Crippen LogP) is 4.39. The molecule has 2 heteroatoms. The number of hydrogen-bond donors (Lipinski definition) is 1. The molecule has 0 bridgehead atoms. The van der Waals surface area contributed by atoms with Gasteiger partial charge in [0.1, 0.15) is 0 Å². The van der Waals surface area contributed by atoms with Gasteiger partial charge in [0, 0.05) is 6.61 Å². The molecule has 0 aliphatic heterocycles. The number of nitriles is 1. The van der Waals surface area contributed by atoms with Crippen LogP contribution in [0.15, 0.2) is 0 Å². The second-order valence-corrected chi connectivity index (χ2v) is 8.79. The Morgan fingerprint density at radius 1 is 1.05 bits per heavy atom. The third-order valence-electron chi connectivity index (χ3n) is 7.93. The van der Waals surface area contributed by atoms with Gasteiger partial charge in [0.15, 0.2) is 0 Å². The Morgan fingerprint density at radius 2 is 1.81 bits per heavy atom. The molecule has 0 spiro atoms. The highest BCUT2D eigenvalue weighted by Crippen LogP contribution is 2.65. The van der Waals surface area contributed by atoms with Gasteiger partial charge in [-0.15, -0.1) is 0 Å². The third-order valence-corrected chi connectivity index (χ3v) is 7.93. The largest absolute Gasteiger partial charge is 0.396 e. The molecule has 3 aliphatic rings. The molecule has 3 aliphatic carbocycles. The zero-order valence-corrected chi connectivity index (χ0v) is 13.9. The minimum Gasteiger partial charge on any atom is -0.396 e. The van der Waals surface area contributed by atoms with Crippen LogP contribution in [0.4, 0.5) is 0 Å². The minimum atomic E-state index is 0.288. The molecule has 0 saturated heterocycles. The highest BCUT2D eigenvalue weighted by atomic mass is 16.3. The monoisotopic (exact) mass is 289 g/mol. The molecule has 0 radical (unpaired) electrons. The maximum atomic E-state index is 9.50. The van der Waals surface area contributed by atoms with Gasteiger partial charge in [-0.3, -0.25) is 0 Å². The summed E-state index contributed by atoms with van der Waals surface area (Å²) in [5.41, 5.74) is 0.646. The minimum absolute atomic E-state index is 0.288. The first kappa shape index (κ1) is 15.3. The van der Waals surface area contributed by atoms with Crippen LogP contribution in [0.1, 0.15) is 65.7 Å². The average Bonchev–Trinajstić information content (AvgIpc) is 2.78. The van der Waals surface area contributed by atoms with E-state index >= 15 is 0 Å². The van der Waals surface area contributed by atoms with Crippen molar-refractivity contribution < 1.29 is 5.11 Å². The van der Waals surface area contributed by atoms with Gasteiger partial charge in [-0.25, -0.2) is 0 Å². The molecule has 0 aromatic rings. The summed E-state index contributed by atoms with van der Waals surface area (Å²) in [6, 6.07) is 2.62. The van der Waals surface area contributed by atoms with Crippen molar-refractivity contribution in [2.24, 2.45) is 40.4 Å². The highest BCUT2D eigenvalue weighted by molar-refractivity contribution is 5.11. The molecule has 3 fully saturated rings. The summed E-state index contributed by atoms with van der Waals surface area (Å²) in [6.07, 6.45) is 8.52. The van der Waals surface area contributed by atoms with Gasteiger partial charge in [-0.05, 0) is 79.4 Å². The first-order valence-electron chi connectivity index (χ1n) is 8.95. The van der Waals surface area contributed by atoms with Gasteiger partial charge in [-0.1, -0.05) is 20.8 Å². The van der Waals surface area contributed by atoms with Crippen LogP contribution in [0.2, 0.25) is 0 Å². The molecule has 3 rings (SSSR count). The number of nitrogens with zero attached hydrogens (tertiary/aromatic N) is 1. The fraction of sp³-hybridized carbons (Fsp3) is 0.947. The second kappa shape index (κ2) is 5.27. The van der Waals surface area contributed by atoms with Crippen LogP contribution < -0.4 is 0 Å². The Morgan fingerprint density at radius 3 is 2.48 bits per heavy atom. The lowest BCUT2D eigenvalue weighted by Gasteiger charge is -2.57. The van der Waals surface area contributed by atoms with Gasteiger partial charge < -0.3 is 5.11 Å². The molecule has 0 aromatic heterocycles. The zero-order valence-electron chi connectivity index (χ0n) is 13.9. The first-order chi connectivity index (χ1) is 9.95. The first-order valence-corrected chi connectivity index (χ1v) is 8.95. The summed E-state index contributed by atoms with van der Waals surface area (Å²) >= 11 is 0. The van der Waals surface area contributed by atoms with Crippen molar-refractivity contribution in [1.82, 2.24) is 0 Å². The normalized spacial score (nSPS) is 48.2. The average molecular weight is 289 g/mol. The molecular weight excluding hydrogens is 258 g/mol. The van der Waals surface area contributed by atoms with Crippen LogP contribution in [0.5, 0.6) is 0 Å². The lowest BCUT2D eigenvalue weighted by molar-refractivity contribution is -0.0873. The van der Waals surface area contributed by atoms with E-state index in [9.17, 15) is 10.4 Å². The van der Waals surface area contributed by atoms with Gasteiger partial charge >= 0.3 is 0 Å². The molecule has 0 aromatic carbocycles. The molecule has 21 heavy (non-hydrogen) atoms. The van der Waals surface area contributed by atoms with Crippen LogP contribution in [0, 0.1) is 51.8 Å². The van der Waals surface area contributed by atoms with E-state index in [0.29, 0.717) is 23.9 Å². The Hall–Kier alpha value is -0.550. The van der Waals surface area contributed by atoms with Crippen molar-refractivity contribution in [3.8, 4) is 6.07 Å². The summed E-state index contributed by atoms with van der Waals surface area (Å²) < 4.78 is 0. The van der Waals surface area contributed by atoms with E-state index in [0.717, 1.165) is 30.6 Å². The Kier molecular flexibility index (Phi) is 3.85. The Bertz CT molecular complexity index is 437. The lowest BCUT2D eigenvalue weighted by atomic mass is 9.47. The van der Waals surface area contributed by atoms with Gasteiger partial charge in [0.25, 0.3) is 0 Å². The second-order valence-electron chi connectivity index (χ2n) is 8.79. The molecule has 118 valence electrons. The number of aliphatic hydroxyl groups is 1. The summed E-state index contributed by atoms with van der Waals surface area (Å²) in [7, 11) is 0. The van der Waals surface area contributed by atoms with Gasteiger partial charge in [0.05, 0.1) is 12.0 Å². The van der Waals surface area contributed by atoms with E-state index in [1.165, 1.54) is 32.1 Å². The van der Waals surface area contributed by atoms with E-state index in [1.54, 1.807) is 0 Å². The predicted molar refractivity (Wildman–Crippen MR) is 84.4 cm³/mol. The van der Waals surface area contributed by atoms with E-state index in [1.807, 2.05) is 0 Å².